The second-order valence-electron chi connectivity index (χ2n) is 6.37. The van der Waals surface area contributed by atoms with E-state index >= 15 is 0 Å². The second kappa shape index (κ2) is 6.64. The van der Waals surface area contributed by atoms with Crippen LogP contribution < -0.4 is 0 Å². The van der Waals surface area contributed by atoms with Crippen LogP contribution in [0.3, 0.4) is 0 Å². The van der Waals surface area contributed by atoms with Gasteiger partial charge in [-0.1, -0.05) is 0 Å². The number of hydrogen-bond acceptors (Lipinski definition) is 5. The number of carbonyl (C=O) groups is 1. The van der Waals surface area contributed by atoms with Crippen LogP contribution in [0, 0.1) is 0 Å². The molecule has 4 heterocycles. The number of nitrogens with one attached hydrogen (secondary N) is 1. The van der Waals surface area contributed by atoms with Gasteiger partial charge in [-0.05, 0) is 30.9 Å². The molecule has 0 aliphatic carbocycles. The number of aromatic amines is 1. The summed E-state index contributed by atoms with van der Waals surface area (Å²) in [5.41, 5.74) is 2.99. The number of rotatable bonds is 4. The lowest BCUT2D eigenvalue weighted by Gasteiger charge is -2.31. The number of piperidine rings is 1. The smallest absolute Gasteiger partial charge is 0.274 e. The van der Waals surface area contributed by atoms with Gasteiger partial charge < -0.3 is 10.0 Å². The number of aliphatic hydroxyl groups is 1. The molecule has 1 atom stereocenters. The van der Waals surface area contributed by atoms with Crippen molar-refractivity contribution >= 4 is 11.6 Å². The minimum atomic E-state index is -0.0709. The van der Waals surface area contributed by atoms with Crippen molar-refractivity contribution in [1.29, 1.82) is 0 Å². The van der Waals surface area contributed by atoms with E-state index in [1.165, 1.54) is 0 Å². The molecule has 0 aromatic carbocycles. The van der Waals surface area contributed by atoms with Gasteiger partial charge >= 0.3 is 0 Å². The zero-order chi connectivity index (χ0) is 17.2. The first-order valence-electron chi connectivity index (χ1n) is 8.48. The maximum atomic E-state index is 12.9. The SMILES string of the molecule is O=C(c1cc2ncc(CCO)cn2n1)N1CCC[C@@H](c2ccn[nH]2)C1. The van der Waals surface area contributed by atoms with Crippen LogP contribution in [-0.2, 0) is 6.42 Å². The molecule has 1 amide bonds. The van der Waals surface area contributed by atoms with Gasteiger partial charge in [0.15, 0.2) is 11.3 Å². The number of likely N-dealkylation sites (tertiary alicyclic amines) is 1. The molecule has 0 saturated carbocycles. The average molecular weight is 340 g/mol. The highest BCUT2D eigenvalue weighted by Crippen LogP contribution is 2.26. The van der Waals surface area contributed by atoms with Gasteiger partial charge in [0.2, 0.25) is 0 Å². The summed E-state index contributed by atoms with van der Waals surface area (Å²) in [6, 6.07) is 3.68. The van der Waals surface area contributed by atoms with Crippen molar-refractivity contribution in [2.24, 2.45) is 0 Å². The minimum absolute atomic E-state index is 0.0585. The van der Waals surface area contributed by atoms with Crippen LogP contribution in [0.2, 0.25) is 0 Å². The highest BCUT2D eigenvalue weighted by atomic mass is 16.3. The number of aromatic nitrogens is 5. The lowest BCUT2D eigenvalue weighted by molar-refractivity contribution is 0.0699. The topological polar surface area (TPSA) is 99.4 Å². The van der Waals surface area contributed by atoms with Gasteiger partial charge in [0, 0.05) is 56.0 Å². The van der Waals surface area contributed by atoms with Crippen molar-refractivity contribution in [2.75, 3.05) is 19.7 Å². The Bertz CT molecular complexity index is 873. The van der Waals surface area contributed by atoms with Crippen LogP contribution >= 0.6 is 0 Å². The van der Waals surface area contributed by atoms with E-state index < -0.39 is 0 Å². The molecule has 0 spiro atoms. The number of fused-ring (bicyclic) bond motifs is 1. The van der Waals surface area contributed by atoms with E-state index in [0.29, 0.717) is 24.3 Å². The predicted octanol–water partition coefficient (Wildman–Crippen LogP) is 1.01. The van der Waals surface area contributed by atoms with Crippen LogP contribution in [0.15, 0.2) is 30.7 Å². The molecule has 1 saturated heterocycles. The van der Waals surface area contributed by atoms with Crippen LogP contribution in [0.25, 0.3) is 5.65 Å². The average Bonchev–Trinajstić information content (AvgIpc) is 3.31. The number of aliphatic hydroxyl groups excluding tert-OH is 1. The van der Waals surface area contributed by atoms with Gasteiger partial charge in [-0.2, -0.15) is 10.2 Å². The summed E-state index contributed by atoms with van der Waals surface area (Å²) in [5.74, 6) is 0.213. The van der Waals surface area contributed by atoms with E-state index in [2.05, 4.69) is 20.3 Å². The maximum absolute atomic E-state index is 12.9. The number of hydrogen-bond donors (Lipinski definition) is 2. The van der Waals surface area contributed by atoms with Crippen molar-refractivity contribution in [3.63, 3.8) is 0 Å². The molecule has 3 aromatic rings. The summed E-state index contributed by atoms with van der Waals surface area (Å²) in [7, 11) is 0. The normalized spacial score (nSPS) is 18.0. The number of H-pyrrole nitrogens is 1. The molecule has 8 heteroatoms. The Morgan fingerprint density at radius 2 is 2.36 bits per heavy atom. The molecule has 8 nitrogen and oxygen atoms in total. The van der Waals surface area contributed by atoms with E-state index in [4.69, 9.17) is 5.11 Å². The molecule has 2 N–H and O–H groups in total. The lowest BCUT2D eigenvalue weighted by atomic mass is 9.95. The fourth-order valence-corrected chi connectivity index (χ4v) is 3.35. The molecule has 0 bridgehead atoms. The Labute approximate surface area is 144 Å². The summed E-state index contributed by atoms with van der Waals surface area (Å²) >= 11 is 0. The van der Waals surface area contributed by atoms with E-state index in [-0.39, 0.29) is 18.4 Å². The van der Waals surface area contributed by atoms with E-state index in [1.807, 2.05) is 11.0 Å². The molecule has 1 aliphatic rings. The maximum Gasteiger partial charge on any atom is 0.274 e. The fraction of sp³-hybridized carbons (Fsp3) is 0.412. The zero-order valence-corrected chi connectivity index (χ0v) is 13.8. The van der Waals surface area contributed by atoms with Gasteiger partial charge in [0.1, 0.15) is 0 Å². The van der Waals surface area contributed by atoms with Crippen molar-refractivity contribution in [2.45, 2.75) is 25.2 Å². The lowest BCUT2D eigenvalue weighted by Crippen LogP contribution is -2.39. The monoisotopic (exact) mass is 340 g/mol. The van der Waals surface area contributed by atoms with Crippen LogP contribution in [0.4, 0.5) is 0 Å². The van der Waals surface area contributed by atoms with E-state index in [9.17, 15) is 4.79 Å². The molecular weight excluding hydrogens is 320 g/mol. The molecule has 1 fully saturated rings. The summed E-state index contributed by atoms with van der Waals surface area (Å²) in [4.78, 5) is 19.0. The Balaban J connectivity index is 1.54. The summed E-state index contributed by atoms with van der Waals surface area (Å²) in [6.45, 7) is 1.46. The number of carbonyl (C=O) groups excluding carboxylic acids is 1. The van der Waals surface area contributed by atoms with Crippen molar-refractivity contribution in [3.8, 4) is 0 Å². The zero-order valence-electron chi connectivity index (χ0n) is 13.8. The van der Waals surface area contributed by atoms with Gasteiger partial charge in [0.25, 0.3) is 5.91 Å². The standard InChI is InChI=1S/C17H20N6O2/c24-7-4-12-9-18-16-8-15(21-23(16)10-12)17(25)22-6-1-2-13(11-22)14-3-5-19-20-14/h3,5,8-10,13,24H,1-2,4,6-7,11H2,(H,19,20)/t13-/m1/s1. The number of nitrogens with zero attached hydrogens (tertiary/aromatic N) is 5. The number of amides is 1. The van der Waals surface area contributed by atoms with Crippen LogP contribution in [0.1, 0.15) is 40.5 Å². The highest BCUT2D eigenvalue weighted by molar-refractivity contribution is 5.93. The van der Waals surface area contributed by atoms with Gasteiger partial charge in [-0.3, -0.25) is 9.89 Å². The summed E-state index contributed by atoms with van der Waals surface area (Å²) in [5, 5.41) is 20.4. The third-order valence-electron chi connectivity index (χ3n) is 4.66. The Morgan fingerprint density at radius 1 is 1.44 bits per heavy atom. The van der Waals surface area contributed by atoms with Crippen molar-refractivity contribution < 1.29 is 9.90 Å². The third kappa shape index (κ3) is 3.12. The molecule has 130 valence electrons. The predicted molar refractivity (Wildman–Crippen MR) is 90.2 cm³/mol. The fourth-order valence-electron chi connectivity index (χ4n) is 3.35. The van der Waals surface area contributed by atoms with Gasteiger partial charge in [-0.25, -0.2) is 9.50 Å². The molecular formula is C17H20N6O2. The Morgan fingerprint density at radius 3 is 3.16 bits per heavy atom. The molecule has 25 heavy (non-hydrogen) atoms. The Kier molecular flexibility index (Phi) is 4.19. The van der Waals surface area contributed by atoms with Crippen molar-refractivity contribution in [3.05, 3.63) is 47.7 Å². The van der Waals surface area contributed by atoms with E-state index in [0.717, 1.165) is 30.6 Å². The minimum Gasteiger partial charge on any atom is -0.396 e. The summed E-state index contributed by atoms with van der Waals surface area (Å²) in [6.07, 6.45) is 7.78. The second-order valence-corrected chi connectivity index (χ2v) is 6.37. The first kappa shape index (κ1) is 15.8. The van der Waals surface area contributed by atoms with Crippen molar-refractivity contribution in [1.82, 2.24) is 29.7 Å². The van der Waals surface area contributed by atoms with Gasteiger partial charge in [-0.15, -0.1) is 0 Å². The molecule has 1 aliphatic heterocycles. The molecule has 0 unspecified atom stereocenters. The quantitative estimate of drug-likeness (QED) is 0.738. The van der Waals surface area contributed by atoms with E-state index in [1.54, 1.807) is 29.2 Å². The first-order chi connectivity index (χ1) is 12.2. The molecule has 3 aromatic heterocycles. The third-order valence-corrected chi connectivity index (χ3v) is 4.66. The van der Waals surface area contributed by atoms with Crippen LogP contribution in [0.5, 0.6) is 0 Å². The first-order valence-corrected chi connectivity index (χ1v) is 8.48. The van der Waals surface area contributed by atoms with Crippen LogP contribution in [-0.4, -0.2) is 60.4 Å². The molecule has 4 rings (SSSR count). The molecule has 0 radical (unpaired) electrons. The van der Waals surface area contributed by atoms with Gasteiger partial charge in [0.05, 0.1) is 0 Å². The summed E-state index contributed by atoms with van der Waals surface area (Å²) < 4.78 is 1.61. The highest BCUT2D eigenvalue weighted by Gasteiger charge is 2.27. The largest absolute Gasteiger partial charge is 0.396 e. The Hall–Kier alpha value is -2.74.